The van der Waals surface area contributed by atoms with Crippen molar-refractivity contribution in [3.05, 3.63) is 64.8 Å². The Kier molecular flexibility index (Phi) is 6.09. The molecular weight excluding hydrogens is 394 g/mol. The third kappa shape index (κ3) is 4.68. The van der Waals surface area contributed by atoms with Crippen LogP contribution < -0.4 is 15.5 Å². The highest BCUT2D eigenvalue weighted by Gasteiger charge is 2.17. The maximum absolute atomic E-state index is 6.33. The van der Waals surface area contributed by atoms with Gasteiger partial charge in [-0.2, -0.15) is 4.98 Å². The van der Waals surface area contributed by atoms with E-state index in [9.17, 15) is 0 Å². The molecule has 30 heavy (non-hydrogen) atoms. The van der Waals surface area contributed by atoms with Gasteiger partial charge in [0.1, 0.15) is 5.02 Å². The van der Waals surface area contributed by atoms with Crippen LogP contribution in [0.2, 0.25) is 5.02 Å². The number of anilines is 5. The van der Waals surface area contributed by atoms with Crippen LogP contribution in [0.4, 0.5) is 28.8 Å². The van der Waals surface area contributed by atoms with Gasteiger partial charge in [0.25, 0.3) is 0 Å². The Morgan fingerprint density at radius 1 is 0.967 bits per heavy atom. The normalized spacial score (nSPS) is 14.6. The molecule has 0 radical (unpaired) electrons. The lowest BCUT2D eigenvalue weighted by molar-refractivity contribution is 0.438. The van der Waals surface area contributed by atoms with E-state index in [2.05, 4.69) is 57.5 Å². The number of aryl methyl sites for hydroxylation is 2. The molecule has 0 spiro atoms. The maximum atomic E-state index is 6.33. The zero-order chi connectivity index (χ0) is 21.1. The largest absolute Gasteiger partial charge is 0.372 e. The monoisotopic (exact) mass is 421 g/mol. The van der Waals surface area contributed by atoms with Crippen molar-refractivity contribution in [2.45, 2.75) is 33.6 Å². The molecule has 6 heteroatoms. The molecule has 156 valence electrons. The lowest BCUT2D eigenvalue weighted by atomic mass is 9.98. The van der Waals surface area contributed by atoms with Gasteiger partial charge in [0, 0.05) is 30.2 Å². The van der Waals surface area contributed by atoms with Crippen LogP contribution in [0.5, 0.6) is 0 Å². The van der Waals surface area contributed by atoms with Gasteiger partial charge in [0.05, 0.1) is 6.20 Å². The van der Waals surface area contributed by atoms with Crippen LogP contribution in [-0.2, 0) is 0 Å². The van der Waals surface area contributed by atoms with Crippen molar-refractivity contribution in [2.75, 3.05) is 28.6 Å². The van der Waals surface area contributed by atoms with Crippen molar-refractivity contribution in [3.63, 3.8) is 0 Å². The number of benzene rings is 2. The second-order valence-electron chi connectivity index (χ2n) is 8.12. The minimum Gasteiger partial charge on any atom is -0.372 e. The Labute approximate surface area is 183 Å². The summed E-state index contributed by atoms with van der Waals surface area (Å²) < 4.78 is 0. The molecule has 0 unspecified atom stereocenters. The minimum atomic E-state index is 0.482. The number of aromatic nitrogens is 2. The van der Waals surface area contributed by atoms with E-state index in [1.54, 1.807) is 6.20 Å². The van der Waals surface area contributed by atoms with Crippen LogP contribution in [0.25, 0.3) is 0 Å². The van der Waals surface area contributed by atoms with Gasteiger partial charge >= 0.3 is 0 Å². The summed E-state index contributed by atoms with van der Waals surface area (Å²) in [5.41, 5.74) is 5.54. The number of hydrogen-bond acceptors (Lipinski definition) is 5. The molecular formula is C24H28ClN5. The van der Waals surface area contributed by atoms with Crippen molar-refractivity contribution >= 4 is 40.4 Å². The fourth-order valence-electron chi connectivity index (χ4n) is 3.73. The Morgan fingerprint density at radius 2 is 1.70 bits per heavy atom. The van der Waals surface area contributed by atoms with Crippen molar-refractivity contribution in [1.29, 1.82) is 0 Å². The van der Waals surface area contributed by atoms with Gasteiger partial charge in [-0.05, 0) is 68.0 Å². The van der Waals surface area contributed by atoms with Crippen LogP contribution in [0.1, 0.15) is 30.9 Å². The summed E-state index contributed by atoms with van der Waals surface area (Å²) in [6.45, 7) is 8.75. The quantitative estimate of drug-likeness (QED) is 0.494. The Morgan fingerprint density at radius 3 is 2.43 bits per heavy atom. The highest BCUT2D eigenvalue weighted by Crippen LogP contribution is 2.29. The number of para-hydroxylation sites is 1. The summed E-state index contributed by atoms with van der Waals surface area (Å²) in [7, 11) is 0. The maximum Gasteiger partial charge on any atom is 0.229 e. The third-order valence-corrected chi connectivity index (χ3v) is 6.02. The predicted octanol–water partition coefficient (Wildman–Crippen LogP) is 6.47. The molecule has 1 aliphatic heterocycles. The van der Waals surface area contributed by atoms with Crippen LogP contribution in [0.15, 0.2) is 48.7 Å². The number of nitrogens with one attached hydrogen (secondary N) is 2. The van der Waals surface area contributed by atoms with Gasteiger partial charge < -0.3 is 15.5 Å². The van der Waals surface area contributed by atoms with Crippen LogP contribution in [-0.4, -0.2) is 23.1 Å². The average molecular weight is 422 g/mol. The lowest BCUT2D eigenvalue weighted by Gasteiger charge is -2.32. The van der Waals surface area contributed by atoms with Gasteiger partial charge in [-0.3, -0.25) is 0 Å². The number of hydrogen-bond donors (Lipinski definition) is 2. The summed E-state index contributed by atoms with van der Waals surface area (Å²) in [5.74, 6) is 1.92. The molecule has 0 atom stereocenters. The highest BCUT2D eigenvalue weighted by atomic mass is 35.5. The van der Waals surface area contributed by atoms with Gasteiger partial charge in [0.15, 0.2) is 5.82 Å². The summed E-state index contributed by atoms with van der Waals surface area (Å²) >= 11 is 6.33. The molecule has 0 aliphatic carbocycles. The van der Waals surface area contributed by atoms with Crippen LogP contribution in [0.3, 0.4) is 0 Å². The average Bonchev–Trinajstić information content (AvgIpc) is 2.74. The molecule has 2 aromatic carbocycles. The summed E-state index contributed by atoms with van der Waals surface area (Å²) in [6, 6.07) is 14.6. The smallest absolute Gasteiger partial charge is 0.229 e. The molecule has 1 aromatic heterocycles. The molecule has 0 bridgehead atoms. The van der Waals surface area contributed by atoms with Gasteiger partial charge in [-0.25, -0.2) is 4.98 Å². The van der Waals surface area contributed by atoms with E-state index in [0.717, 1.165) is 41.5 Å². The molecule has 5 nitrogen and oxygen atoms in total. The lowest BCUT2D eigenvalue weighted by Crippen LogP contribution is -2.32. The van der Waals surface area contributed by atoms with Crippen molar-refractivity contribution in [3.8, 4) is 0 Å². The van der Waals surface area contributed by atoms with E-state index in [1.165, 1.54) is 18.5 Å². The molecule has 1 saturated heterocycles. The molecule has 2 N–H and O–H groups in total. The first-order valence-electron chi connectivity index (χ1n) is 10.5. The highest BCUT2D eigenvalue weighted by molar-refractivity contribution is 6.32. The van der Waals surface area contributed by atoms with E-state index in [4.69, 9.17) is 11.6 Å². The van der Waals surface area contributed by atoms with Gasteiger partial charge in [-0.15, -0.1) is 0 Å². The SMILES string of the molecule is Cc1cc(N2CCC(C)CC2)ccc1Nc1ncc(Cl)c(Nc2ccccc2C)n1. The molecule has 0 amide bonds. The molecule has 2 heterocycles. The van der Waals surface area contributed by atoms with Gasteiger partial charge in [0.2, 0.25) is 5.95 Å². The van der Waals surface area contributed by atoms with E-state index >= 15 is 0 Å². The van der Waals surface area contributed by atoms with Crippen LogP contribution >= 0.6 is 11.6 Å². The van der Waals surface area contributed by atoms with E-state index in [-0.39, 0.29) is 0 Å². The third-order valence-electron chi connectivity index (χ3n) is 5.75. The molecule has 1 fully saturated rings. The van der Waals surface area contributed by atoms with E-state index in [0.29, 0.717) is 16.8 Å². The Hall–Kier alpha value is -2.79. The molecule has 4 rings (SSSR count). The topological polar surface area (TPSA) is 53.1 Å². The van der Waals surface area contributed by atoms with Crippen molar-refractivity contribution in [2.24, 2.45) is 5.92 Å². The summed E-state index contributed by atoms with van der Waals surface area (Å²) in [4.78, 5) is 11.4. The predicted molar refractivity (Wildman–Crippen MR) is 127 cm³/mol. The first kappa shape index (κ1) is 20.5. The zero-order valence-electron chi connectivity index (χ0n) is 17.7. The Balaban J connectivity index is 1.51. The summed E-state index contributed by atoms with van der Waals surface area (Å²) in [5, 5.41) is 7.13. The standard InChI is InChI=1S/C24H28ClN5/c1-16-10-12-30(13-11-16)19-8-9-22(18(3)14-19)28-24-26-15-20(25)23(29-24)27-21-7-5-4-6-17(21)2/h4-9,14-16H,10-13H2,1-3H3,(H2,26,27,28,29). The van der Waals surface area contributed by atoms with E-state index in [1.807, 2.05) is 31.2 Å². The first-order valence-corrected chi connectivity index (χ1v) is 10.8. The fraction of sp³-hybridized carbons (Fsp3) is 0.333. The fourth-order valence-corrected chi connectivity index (χ4v) is 3.87. The second-order valence-corrected chi connectivity index (χ2v) is 8.53. The van der Waals surface area contributed by atoms with Crippen molar-refractivity contribution < 1.29 is 0 Å². The summed E-state index contributed by atoms with van der Waals surface area (Å²) in [6.07, 6.45) is 4.14. The Bertz CT molecular complexity index is 1030. The van der Waals surface area contributed by atoms with E-state index < -0.39 is 0 Å². The van der Waals surface area contributed by atoms with Crippen LogP contribution in [0, 0.1) is 19.8 Å². The number of rotatable bonds is 5. The number of halogens is 1. The molecule has 3 aromatic rings. The van der Waals surface area contributed by atoms with Gasteiger partial charge in [-0.1, -0.05) is 36.7 Å². The second kappa shape index (κ2) is 8.92. The first-order chi connectivity index (χ1) is 14.5. The molecule has 0 saturated carbocycles. The molecule has 1 aliphatic rings. The zero-order valence-corrected chi connectivity index (χ0v) is 18.5. The van der Waals surface area contributed by atoms with Crippen molar-refractivity contribution in [1.82, 2.24) is 9.97 Å². The number of nitrogens with zero attached hydrogens (tertiary/aromatic N) is 3. The minimum absolute atomic E-state index is 0.482. The number of piperidine rings is 1.